The highest BCUT2D eigenvalue weighted by atomic mass is 32.2. The minimum atomic E-state index is -0.0628. The summed E-state index contributed by atoms with van der Waals surface area (Å²) in [5.74, 6) is 0.788. The molecule has 1 heterocycles. The first-order chi connectivity index (χ1) is 12.1. The Bertz CT molecular complexity index is 835. The van der Waals surface area contributed by atoms with Crippen molar-refractivity contribution in [2.24, 2.45) is 4.99 Å². The van der Waals surface area contributed by atoms with Crippen molar-refractivity contribution in [2.45, 2.75) is 26.3 Å². The SMILES string of the molecule is CC[C@@H]1CSC(=Nc2ccc(C)cc2)N1C(=O)c1ccc(C#N)cc1. The van der Waals surface area contributed by atoms with E-state index in [1.807, 2.05) is 31.2 Å². The van der Waals surface area contributed by atoms with Gasteiger partial charge in [-0.3, -0.25) is 9.69 Å². The van der Waals surface area contributed by atoms with Crippen molar-refractivity contribution in [1.29, 1.82) is 5.26 Å². The van der Waals surface area contributed by atoms with Crippen LogP contribution in [0.15, 0.2) is 53.5 Å². The van der Waals surface area contributed by atoms with Gasteiger partial charge < -0.3 is 0 Å². The number of amides is 1. The zero-order valence-electron chi connectivity index (χ0n) is 14.3. The van der Waals surface area contributed by atoms with Crippen LogP contribution in [0.3, 0.4) is 0 Å². The number of hydrogen-bond acceptors (Lipinski definition) is 4. The van der Waals surface area contributed by atoms with E-state index in [2.05, 4.69) is 13.0 Å². The van der Waals surface area contributed by atoms with E-state index in [0.29, 0.717) is 11.1 Å². The van der Waals surface area contributed by atoms with E-state index in [1.54, 1.807) is 40.9 Å². The normalized spacial score (nSPS) is 18.4. The van der Waals surface area contributed by atoms with Gasteiger partial charge in [-0.25, -0.2) is 4.99 Å². The molecule has 0 aromatic heterocycles. The number of nitrogens with zero attached hydrogens (tertiary/aromatic N) is 3. The molecule has 2 aromatic carbocycles. The Morgan fingerprint density at radius 3 is 2.52 bits per heavy atom. The summed E-state index contributed by atoms with van der Waals surface area (Å²) in [5, 5.41) is 9.66. The van der Waals surface area contributed by atoms with Gasteiger partial charge in [0.15, 0.2) is 5.17 Å². The largest absolute Gasteiger partial charge is 0.283 e. The van der Waals surface area contributed by atoms with Crippen LogP contribution < -0.4 is 0 Å². The lowest BCUT2D eigenvalue weighted by Gasteiger charge is -2.23. The molecule has 0 bridgehead atoms. The molecule has 0 spiro atoms. The molecule has 1 fully saturated rings. The van der Waals surface area contributed by atoms with Gasteiger partial charge in [-0.2, -0.15) is 5.26 Å². The molecule has 1 atom stereocenters. The molecular weight excluding hydrogens is 330 g/mol. The Balaban J connectivity index is 1.92. The summed E-state index contributed by atoms with van der Waals surface area (Å²) in [5.41, 5.74) is 3.16. The van der Waals surface area contributed by atoms with E-state index >= 15 is 0 Å². The third-order valence-electron chi connectivity index (χ3n) is 4.19. The number of aryl methyl sites for hydroxylation is 1. The summed E-state index contributed by atoms with van der Waals surface area (Å²) < 4.78 is 0. The number of carbonyl (C=O) groups is 1. The molecule has 1 aliphatic heterocycles. The zero-order chi connectivity index (χ0) is 17.8. The van der Waals surface area contributed by atoms with Crippen molar-refractivity contribution in [2.75, 3.05) is 5.75 Å². The summed E-state index contributed by atoms with van der Waals surface area (Å²) in [6.45, 7) is 4.12. The molecule has 4 nitrogen and oxygen atoms in total. The van der Waals surface area contributed by atoms with E-state index in [1.165, 1.54) is 5.56 Å². The fourth-order valence-electron chi connectivity index (χ4n) is 2.67. The van der Waals surface area contributed by atoms with Crippen molar-refractivity contribution in [3.63, 3.8) is 0 Å². The number of amidine groups is 1. The quantitative estimate of drug-likeness (QED) is 0.818. The third kappa shape index (κ3) is 3.75. The molecule has 3 rings (SSSR count). The molecule has 126 valence electrons. The van der Waals surface area contributed by atoms with Crippen molar-refractivity contribution in [3.05, 3.63) is 65.2 Å². The Hall–Kier alpha value is -2.58. The van der Waals surface area contributed by atoms with Crippen molar-refractivity contribution >= 4 is 28.5 Å². The van der Waals surface area contributed by atoms with E-state index < -0.39 is 0 Å². The molecular formula is C20H19N3OS. The summed E-state index contributed by atoms with van der Waals surface area (Å²) in [7, 11) is 0. The lowest BCUT2D eigenvalue weighted by atomic mass is 10.1. The van der Waals surface area contributed by atoms with Crippen LogP contribution in [0.1, 0.15) is 34.8 Å². The number of rotatable bonds is 3. The molecule has 0 N–H and O–H groups in total. The predicted molar refractivity (Wildman–Crippen MR) is 102 cm³/mol. The van der Waals surface area contributed by atoms with Crippen molar-refractivity contribution in [1.82, 2.24) is 4.90 Å². The molecule has 2 aromatic rings. The first-order valence-corrected chi connectivity index (χ1v) is 9.23. The highest BCUT2D eigenvalue weighted by Crippen LogP contribution is 2.30. The van der Waals surface area contributed by atoms with Crippen LogP contribution >= 0.6 is 11.8 Å². The monoisotopic (exact) mass is 349 g/mol. The molecule has 25 heavy (non-hydrogen) atoms. The Kier molecular flexibility index (Phi) is 5.20. The van der Waals surface area contributed by atoms with E-state index in [0.717, 1.165) is 23.0 Å². The molecule has 1 aliphatic rings. The maximum absolute atomic E-state index is 13.0. The van der Waals surface area contributed by atoms with E-state index in [4.69, 9.17) is 10.3 Å². The van der Waals surface area contributed by atoms with Gasteiger partial charge >= 0.3 is 0 Å². The van der Waals surface area contributed by atoms with Crippen LogP contribution in [0.4, 0.5) is 5.69 Å². The van der Waals surface area contributed by atoms with Gasteiger partial charge in [0, 0.05) is 17.4 Å². The van der Waals surface area contributed by atoms with Crippen LogP contribution in [-0.4, -0.2) is 27.8 Å². The van der Waals surface area contributed by atoms with Crippen LogP contribution in [-0.2, 0) is 0 Å². The number of thioether (sulfide) groups is 1. The molecule has 0 radical (unpaired) electrons. The van der Waals surface area contributed by atoms with Gasteiger partial charge in [0.25, 0.3) is 5.91 Å². The fourth-order valence-corrected chi connectivity index (χ4v) is 3.93. The predicted octanol–water partition coefficient (Wildman–Crippen LogP) is 4.52. The number of nitriles is 1. The summed E-state index contributed by atoms with van der Waals surface area (Å²) in [6, 6.07) is 16.9. The second-order valence-corrected chi connectivity index (χ2v) is 6.95. The first kappa shape index (κ1) is 17.2. The Morgan fingerprint density at radius 1 is 1.24 bits per heavy atom. The number of aliphatic imine (C=N–C) groups is 1. The fraction of sp³-hybridized carbons (Fsp3) is 0.250. The molecule has 0 aliphatic carbocycles. The van der Waals surface area contributed by atoms with Gasteiger partial charge in [0.05, 0.1) is 17.3 Å². The molecule has 0 unspecified atom stereocenters. The van der Waals surface area contributed by atoms with Crippen LogP contribution in [0.25, 0.3) is 0 Å². The minimum absolute atomic E-state index is 0.0628. The highest BCUT2D eigenvalue weighted by Gasteiger charge is 2.34. The van der Waals surface area contributed by atoms with Gasteiger partial charge in [0.2, 0.25) is 0 Å². The molecule has 5 heteroatoms. The van der Waals surface area contributed by atoms with Crippen molar-refractivity contribution in [3.8, 4) is 6.07 Å². The summed E-state index contributed by atoms with van der Waals surface area (Å²) >= 11 is 1.62. The summed E-state index contributed by atoms with van der Waals surface area (Å²) in [6.07, 6.45) is 0.877. The number of benzene rings is 2. The maximum Gasteiger partial charge on any atom is 0.260 e. The number of carbonyl (C=O) groups excluding carboxylic acids is 1. The lowest BCUT2D eigenvalue weighted by Crippen LogP contribution is -2.39. The third-order valence-corrected chi connectivity index (χ3v) is 5.28. The van der Waals surface area contributed by atoms with Crippen LogP contribution in [0.5, 0.6) is 0 Å². The lowest BCUT2D eigenvalue weighted by molar-refractivity contribution is 0.0819. The average molecular weight is 349 g/mol. The van der Waals surface area contributed by atoms with E-state index in [9.17, 15) is 4.79 Å². The second kappa shape index (κ2) is 7.54. The zero-order valence-corrected chi connectivity index (χ0v) is 15.1. The van der Waals surface area contributed by atoms with Crippen LogP contribution in [0.2, 0.25) is 0 Å². The Morgan fingerprint density at radius 2 is 1.92 bits per heavy atom. The molecule has 0 saturated carbocycles. The van der Waals surface area contributed by atoms with Gasteiger partial charge in [-0.05, 0) is 49.7 Å². The first-order valence-electron chi connectivity index (χ1n) is 8.24. The maximum atomic E-state index is 13.0. The second-order valence-electron chi connectivity index (χ2n) is 5.97. The van der Waals surface area contributed by atoms with Gasteiger partial charge in [-0.1, -0.05) is 36.4 Å². The smallest absolute Gasteiger partial charge is 0.260 e. The van der Waals surface area contributed by atoms with Crippen LogP contribution in [0, 0.1) is 18.3 Å². The standard InChI is InChI=1S/C20H19N3OS/c1-3-18-13-25-20(22-17-10-4-14(2)5-11-17)23(18)19(24)16-8-6-15(12-21)7-9-16/h4-11,18H,3,13H2,1-2H3/t18-/m1/s1. The molecule has 1 amide bonds. The van der Waals surface area contributed by atoms with Gasteiger partial charge in [0.1, 0.15) is 0 Å². The minimum Gasteiger partial charge on any atom is -0.283 e. The van der Waals surface area contributed by atoms with Gasteiger partial charge in [-0.15, -0.1) is 0 Å². The Labute approximate surface area is 152 Å². The number of hydrogen-bond donors (Lipinski definition) is 0. The average Bonchev–Trinajstić information content (AvgIpc) is 3.05. The topological polar surface area (TPSA) is 56.5 Å². The molecule has 1 saturated heterocycles. The van der Waals surface area contributed by atoms with Crippen molar-refractivity contribution < 1.29 is 4.79 Å². The highest BCUT2D eigenvalue weighted by molar-refractivity contribution is 8.14. The van der Waals surface area contributed by atoms with E-state index in [-0.39, 0.29) is 11.9 Å². The summed E-state index contributed by atoms with van der Waals surface area (Å²) in [4.78, 5) is 19.5.